The number of anilines is 1. The average Bonchev–Trinajstić information content (AvgIpc) is 3.24. The minimum absolute atomic E-state index is 0.277. The first kappa shape index (κ1) is 18.3. The van der Waals surface area contributed by atoms with E-state index < -0.39 is 11.9 Å². The van der Waals surface area contributed by atoms with Crippen LogP contribution in [0.5, 0.6) is 5.75 Å². The Hall–Kier alpha value is -3.07. The maximum Gasteiger partial charge on any atom is 0.258 e. The van der Waals surface area contributed by atoms with Gasteiger partial charge in [0.05, 0.1) is 26.0 Å². The Morgan fingerprint density at radius 3 is 2.82 bits per heavy atom. The quantitative estimate of drug-likeness (QED) is 0.663. The number of rotatable bonds is 5. The molecule has 28 heavy (non-hydrogen) atoms. The molecule has 1 aliphatic rings. The van der Waals surface area contributed by atoms with Gasteiger partial charge in [-0.25, -0.2) is 14.4 Å². The molecule has 0 N–H and O–H groups in total. The monoisotopic (exact) mass is 385 g/mol. The standard InChI is InChI=1S/C19H20FN5O3/c1-3-14-16(20)18(22-11-21-14)25-8-9-27-15(10-25)17-23-19(28-24-17)12-4-6-13(26-2)7-5-12/h4-7,11,15H,3,8-10H2,1-2H3/t15-/m1/s1. The van der Waals surface area contributed by atoms with Crippen molar-refractivity contribution in [3.63, 3.8) is 0 Å². The number of benzene rings is 1. The van der Waals surface area contributed by atoms with Crippen LogP contribution in [-0.2, 0) is 11.2 Å². The number of aryl methyl sites for hydroxylation is 1. The van der Waals surface area contributed by atoms with Crippen molar-refractivity contribution >= 4 is 5.82 Å². The van der Waals surface area contributed by atoms with Gasteiger partial charge >= 0.3 is 0 Å². The largest absolute Gasteiger partial charge is 0.497 e. The SMILES string of the molecule is CCc1ncnc(N2CCO[C@@H](c3noc(-c4ccc(OC)cc4)n3)C2)c1F. The molecular weight excluding hydrogens is 365 g/mol. The highest BCUT2D eigenvalue weighted by Crippen LogP contribution is 2.28. The maximum absolute atomic E-state index is 14.6. The minimum Gasteiger partial charge on any atom is -0.497 e. The Balaban J connectivity index is 1.53. The lowest BCUT2D eigenvalue weighted by molar-refractivity contribution is 0.0321. The smallest absolute Gasteiger partial charge is 0.258 e. The third-order valence-corrected chi connectivity index (χ3v) is 4.61. The third kappa shape index (κ3) is 3.53. The van der Waals surface area contributed by atoms with Gasteiger partial charge in [0.25, 0.3) is 5.89 Å². The van der Waals surface area contributed by atoms with Crippen molar-refractivity contribution < 1.29 is 18.4 Å². The Kier molecular flexibility index (Phi) is 5.16. The molecule has 3 heterocycles. The van der Waals surface area contributed by atoms with Gasteiger partial charge in [0, 0.05) is 12.1 Å². The molecule has 4 rings (SSSR count). The second-order valence-electron chi connectivity index (χ2n) is 6.30. The molecule has 0 saturated carbocycles. The van der Waals surface area contributed by atoms with Gasteiger partial charge in [0.2, 0.25) is 5.82 Å². The van der Waals surface area contributed by atoms with Crippen LogP contribution in [0.2, 0.25) is 0 Å². The molecule has 8 nitrogen and oxygen atoms in total. The van der Waals surface area contributed by atoms with Crippen LogP contribution in [0, 0.1) is 5.82 Å². The van der Waals surface area contributed by atoms with E-state index in [1.54, 1.807) is 7.11 Å². The number of methoxy groups -OCH3 is 1. The Bertz CT molecular complexity index is 947. The molecule has 0 bridgehead atoms. The number of hydrogen-bond donors (Lipinski definition) is 0. The van der Waals surface area contributed by atoms with Crippen LogP contribution in [0.15, 0.2) is 35.1 Å². The van der Waals surface area contributed by atoms with E-state index in [2.05, 4.69) is 20.1 Å². The van der Waals surface area contributed by atoms with Crippen molar-refractivity contribution in [2.45, 2.75) is 19.4 Å². The summed E-state index contributed by atoms with van der Waals surface area (Å²) in [4.78, 5) is 14.4. The van der Waals surface area contributed by atoms with E-state index in [4.69, 9.17) is 14.0 Å². The van der Waals surface area contributed by atoms with Crippen LogP contribution in [0.4, 0.5) is 10.2 Å². The summed E-state index contributed by atoms with van der Waals surface area (Å²) in [6.45, 7) is 3.16. The van der Waals surface area contributed by atoms with Crippen LogP contribution in [0.1, 0.15) is 24.5 Å². The highest BCUT2D eigenvalue weighted by Gasteiger charge is 2.29. The summed E-state index contributed by atoms with van der Waals surface area (Å²) in [7, 11) is 1.61. The van der Waals surface area contributed by atoms with Gasteiger partial charge in [-0.2, -0.15) is 4.98 Å². The van der Waals surface area contributed by atoms with Crippen LogP contribution in [0.3, 0.4) is 0 Å². The molecule has 9 heteroatoms. The van der Waals surface area contributed by atoms with Crippen molar-refractivity contribution in [3.05, 3.63) is 47.9 Å². The number of ether oxygens (including phenoxy) is 2. The molecule has 1 atom stereocenters. The number of hydrogen-bond acceptors (Lipinski definition) is 8. The number of aromatic nitrogens is 4. The Labute approximate surface area is 161 Å². The van der Waals surface area contributed by atoms with Gasteiger partial charge in [-0.3, -0.25) is 0 Å². The predicted octanol–water partition coefficient (Wildman–Crippen LogP) is 2.81. The van der Waals surface area contributed by atoms with E-state index >= 15 is 0 Å². The Morgan fingerprint density at radius 2 is 2.07 bits per heavy atom. The molecule has 0 spiro atoms. The molecule has 1 aromatic carbocycles. The molecule has 146 valence electrons. The van der Waals surface area contributed by atoms with Gasteiger partial charge in [-0.1, -0.05) is 12.1 Å². The zero-order valence-electron chi connectivity index (χ0n) is 15.6. The first-order valence-corrected chi connectivity index (χ1v) is 9.03. The molecule has 0 amide bonds. The minimum atomic E-state index is -0.441. The summed E-state index contributed by atoms with van der Waals surface area (Å²) in [6, 6.07) is 7.32. The second-order valence-corrected chi connectivity index (χ2v) is 6.30. The highest BCUT2D eigenvalue weighted by molar-refractivity contribution is 5.54. The summed E-state index contributed by atoms with van der Waals surface area (Å²) in [5.41, 5.74) is 1.18. The molecule has 3 aromatic rings. The summed E-state index contributed by atoms with van der Waals surface area (Å²) in [6.07, 6.45) is 1.45. The summed E-state index contributed by atoms with van der Waals surface area (Å²) < 4.78 is 30.9. The zero-order chi connectivity index (χ0) is 19.5. The molecule has 1 aliphatic heterocycles. The lowest BCUT2D eigenvalue weighted by Gasteiger charge is -2.32. The fraction of sp³-hybridized carbons (Fsp3) is 0.368. The molecule has 0 radical (unpaired) electrons. The summed E-state index contributed by atoms with van der Waals surface area (Å²) >= 11 is 0. The highest BCUT2D eigenvalue weighted by atomic mass is 19.1. The zero-order valence-corrected chi connectivity index (χ0v) is 15.6. The van der Waals surface area contributed by atoms with Gasteiger partial charge in [0.15, 0.2) is 11.6 Å². The van der Waals surface area contributed by atoms with Crippen molar-refractivity contribution in [2.75, 3.05) is 31.7 Å². The van der Waals surface area contributed by atoms with Gasteiger partial charge < -0.3 is 18.9 Å². The topological polar surface area (TPSA) is 86.4 Å². The van der Waals surface area contributed by atoms with Crippen LogP contribution in [-0.4, -0.2) is 46.9 Å². The molecule has 1 fully saturated rings. The van der Waals surface area contributed by atoms with Crippen molar-refractivity contribution in [2.24, 2.45) is 0 Å². The lowest BCUT2D eigenvalue weighted by Crippen LogP contribution is -2.40. The van der Waals surface area contributed by atoms with Gasteiger partial charge in [-0.05, 0) is 30.7 Å². The molecule has 1 saturated heterocycles. The Morgan fingerprint density at radius 1 is 1.25 bits per heavy atom. The van der Waals surface area contributed by atoms with Crippen LogP contribution >= 0.6 is 0 Å². The molecule has 2 aromatic heterocycles. The first-order chi connectivity index (χ1) is 13.7. The lowest BCUT2D eigenvalue weighted by atomic mass is 10.2. The van der Waals surface area contributed by atoms with E-state index in [9.17, 15) is 4.39 Å². The van der Waals surface area contributed by atoms with E-state index in [1.807, 2.05) is 36.1 Å². The van der Waals surface area contributed by atoms with Crippen molar-refractivity contribution in [3.8, 4) is 17.2 Å². The molecule has 0 aliphatic carbocycles. The van der Waals surface area contributed by atoms with E-state index in [0.717, 1.165) is 11.3 Å². The summed E-state index contributed by atoms with van der Waals surface area (Å²) in [5, 5.41) is 4.05. The van der Waals surface area contributed by atoms with E-state index in [-0.39, 0.29) is 5.82 Å². The van der Waals surface area contributed by atoms with Gasteiger partial charge in [-0.15, -0.1) is 0 Å². The maximum atomic E-state index is 14.6. The fourth-order valence-corrected chi connectivity index (χ4v) is 3.08. The molecule has 0 unspecified atom stereocenters. The second kappa shape index (κ2) is 7.89. The number of halogens is 1. The fourth-order valence-electron chi connectivity index (χ4n) is 3.08. The number of morpholine rings is 1. The molecular formula is C19H20FN5O3. The van der Waals surface area contributed by atoms with Crippen molar-refractivity contribution in [1.82, 2.24) is 20.1 Å². The van der Waals surface area contributed by atoms with Crippen LogP contribution in [0.25, 0.3) is 11.5 Å². The summed E-state index contributed by atoms with van der Waals surface area (Å²) in [5.74, 6) is 1.44. The third-order valence-electron chi connectivity index (χ3n) is 4.61. The van der Waals surface area contributed by atoms with E-state index in [1.165, 1.54) is 6.33 Å². The first-order valence-electron chi connectivity index (χ1n) is 9.03. The average molecular weight is 385 g/mol. The van der Waals surface area contributed by atoms with E-state index in [0.29, 0.717) is 43.5 Å². The normalized spacial score (nSPS) is 17.0. The predicted molar refractivity (Wildman–Crippen MR) is 98.6 cm³/mol. The van der Waals surface area contributed by atoms with Crippen molar-refractivity contribution in [1.29, 1.82) is 0 Å². The van der Waals surface area contributed by atoms with Crippen LogP contribution < -0.4 is 9.64 Å². The number of nitrogens with zero attached hydrogens (tertiary/aromatic N) is 5. The van der Waals surface area contributed by atoms with Gasteiger partial charge in [0.1, 0.15) is 18.2 Å².